The summed E-state index contributed by atoms with van der Waals surface area (Å²) in [5.74, 6) is 4.00. The van der Waals surface area contributed by atoms with E-state index in [0.29, 0.717) is 17.9 Å². The van der Waals surface area contributed by atoms with E-state index < -0.39 is 0 Å². The van der Waals surface area contributed by atoms with Crippen molar-refractivity contribution in [1.29, 1.82) is 0 Å². The molecule has 0 aromatic heterocycles. The number of hydrogen-bond donors (Lipinski definition) is 0. The number of likely N-dealkylation sites (tertiary alicyclic amines) is 2. The number of hydrogen-bond acceptors (Lipinski definition) is 2. The molecular formula is C17H30N2O. The Hall–Kier alpha value is -0.570. The van der Waals surface area contributed by atoms with Gasteiger partial charge in [-0.3, -0.25) is 4.79 Å². The molecule has 0 spiro atoms. The van der Waals surface area contributed by atoms with Gasteiger partial charge in [0.15, 0.2) is 0 Å². The normalized spacial score (nSPS) is 32.2. The highest BCUT2D eigenvalue weighted by Gasteiger charge is 2.45. The number of carbonyl (C=O) groups is 1. The smallest absolute Gasteiger partial charge is 0.225 e. The summed E-state index contributed by atoms with van der Waals surface area (Å²) in [4.78, 5) is 17.0. The maximum atomic E-state index is 12.3. The summed E-state index contributed by atoms with van der Waals surface area (Å²) in [6.07, 6.45) is 2.28. The van der Waals surface area contributed by atoms with Crippen LogP contribution in [0.3, 0.4) is 0 Å². The van der Waals surface area contributed by atoms with Gasteiger partial charge in [0.2, 0.25) is 5.91 Å². The topological polar surface area (TPSA) is 23.6 Å². The Bertz CT molecular complexity index is 361. The maximum Gasteiger partial charge on any atom is 0.225 e. The summed E-state index contributed by atoms with van der Waals surface area (Å²) in [6.45, 7) is 13.7. The SMILES string of the molecule is CC(C)C1CC(C(=O)N2CC(C3CN(C(C)C)C3)C2)C1. The van der Waals surface area contributed by atoms with Gasteiger partial charge in [-0.2, -0.15) is 0 Å². The fourth-order valence-corrected chi connectivity index (χ4v) is 3.93. The van der Waals surface area contributed by atoms with E-state index in [-0.39, 0.29) is 0 Å². The minimum atomic E-state index is 0.358. The minimum Gasteiger partial charge on any atom is -0.342 e. The van der Waals surface area contributed by atoms with Crippen molar-refractivity contribution in [3.05, 3.63) is 0 Å². The predicted octanol–water partition coefficient (Wildman–Crippen LogP) is 2.47. The average molecular weight is 278 g/mol. The summed E-state index contributed by atoms with van der Waals surface area (Å²) in [5.41, 5.74) is 0. The van der Waals surface area contributed by atoms with Gasteiger partial charge >= 0.3 is 0 Å². The largest absolute Gasteiger partial charge is 0.342 e. The van der Waals surface area contributed by atoms with Gasteiger partial charge in [-0.05, 0) is 50.4 Å². The number of nitrogens with zero attached hydrogens (tertiary/aromatic N) is 2. The molecule has 20 heavy (non-hydrogen) atoms. The van der Waals surface area contributed by atoms with E-state index in [1.54, 1.807) is 0 Å². The molecule has 0 N–H and O–H groups in total. The van der Waals surface area contributed by atoms with Crippen molar-refractivity contribution >= 4 is 5.91 Å². The van der Waals surface area contributed by atoms with Crippen LogP contribution in [0.2, 0.25) is 0 Å². The van der Waals surface area contributed by atoms with Crippen molar-refractivity contribution < 1.29 is 4.79 Å². The van der Waals surface area contributed by atoms with Crippen molar-refractivity contribution in [2.75, 3.05) is 26.2 Å². The lowest BCUT2D eigenvalue weighted by atomic mass is 9.68. The molecule has 3 heteroatoms. The van der Waals surface area contributed by atoms with Gasteiger partial charge in [0.05, 0.1) is 0 Å². The van der Waals surface area contributed by atoms with Crippen LogP contribution in [0.15, 0.2) is 0 Å². The minimum absolute atomic E-state index is 0.358. The standard InChI is InChI=1S/C17H30N2O/c1-11(2)13-5-14(6-13)17(20)19-9-16(10-19)15-7-18(8-15)12(3)4/h11-16H,5-10H2,1-4H3. The van der Waals surface area contributed by atoms with Crippen LogP contribution in [0.25, 0.3) is 0 Å². The lowest BCUT2D eigenvalue weighted by Crippen LogP contribution is -2.63. The van der Waals surface area contributed by atoms with E-state index in [1.807, 2.05) is 0 Å². The van der Waals surface area contributed by atoms with E-state index >= 15 is 0 Å². The van der Waals surface area contributed by atoms with Crippen molar-refractivity contribution in [1.82, 2.24) is 9.80 Å². The first-order valence-electron chi connectivity index (χ1n) is 8.48. The van der Waals surface area contributed by atoms with Crippen LogP contribution in [-0.2, 0) is 4.79 Å². The van der Waals surface area contributed by atoms with Crippen LogP contribution in [0.5, 0.6) is 0 Å². The first-order valence-corrected chi connectivity index (χ1v) is 8.48. The van der Waals surface area contributed by atoms with Crippen molar-refractivity contribution in [2.24, 2.45) is 29.6 Å². The molecule has 3 nitrogen and oxygen atoms in total. The van der Waals surface area contributed by atoms with Gasteiger partial charge in [-0.25, -0.2) is 0 Å². The van der Waals surface area contributed by atoms with Crippen molar-refractivity contribution in [3.63, 3.8) is 0 Å². The van der Waals surface area contributed by atoms with Gasteiger partial charge in [0.1, 0.15) is 0 Å². The molecule has 2 aliphatic heterocycles. The molecule has 2 heterocycles. The van der Waals surface area contributed by atoms with Crippen molar-refractivity contribution in [3.8, 4) is 0 Å². The van der Waals surface area contributed by atoms with Gasteiger partial charge in [0.25, 0.3) is 0 Å². The van der Waals surface area contributed by atoms with Crippen molar-refractivity contribution in [2.45, 2.75) is 46.6 Å². The molecule has 3 aliphatic rings. The molecule has 2 saturated heterocycles. The number of carbonyl (C=O) groups excluding carboxylic acids is 1. The van der Waals surface area contributed by atoms with Gasteiger partial charge in [0, 0.05) is 38.1 Å². The average Bonchev–Trinajstić information content (AvgIpc) is 2.14. The molecule has 0 unspecified atom stereocenters. The lowest BCUT2D eigenvalue weighted by Gasteiger charge is -2.53. The summed E-state index contributed by atoms with van der Waals surface area (Å²) >= 11 is 0. The third-order valence-corrected chi connectivity index (χ3v) is 6.02. The molecule has 3 rings (SSSR count). The Morgan fingerprint density at radius 2 is 1.50 bits per heavy atom. The van der Waals surface area contributed by atoms with Crippen LogP contribution >= 0.6 is 0 Å². The highest BCUT2D eigenvalue weighted by Crippen LogP contribution is 2.41. The maximum absolute atomic E-state index is 12.3. The molecule has 0 aromatic rings. The zero-order valence-corrected chi connectivity index (χ0v) is 13.5. The second kappa shape index (κ2) is 5.32. The first kappa shape index (κ1) is 14.4. The van der Waals surface area contributed by atoms with Crippen LogP contribution < -0.4 is 0 Å². The predicted molar refractivity (Wildman–Crippen MR) is 81.3 cm³/mol. The third-order valence-electron chi connectivity index (χ3n) is 6.02. The highest BCUT2D eigenvalue weighted by molar-refractivity contribution is 5.80. The summed E-state index contributed by atoms with van der Waals surface area (Å²) < 4.78 is 0. The Kier molecular flexibility index (Phi) is 3.83. The second-order valence-corrected chi connectivity index (χ2v) is 7.98. The molecule has 0 atom stereocenters. The molecule has 3 fully saturated rings. The van der Waals surface area contributed by atoms with E-state index in [1.165, 1.54) is 13.1 Å². The lowest BCUT2D eigenvalue weighted by molar-refractivity contribution is -0.151. The van der Waals surface area contributed by atoms with Gasteiger partial charge in [-0.15, -0.1) is 0 Å². The molecule has 0 radical (unpaired) electrons. The number of amides is 1. The Morgan fingerprint density at radius 1 is 0.950 bits per heavy atom. The second-order valence-electron chi connectivity index (χ2n) is 7.98. The third kappa shape index (κ3) is 2.49. The fourth-order valence-electron chi connectivity index (χ4n) is 3.93. The van der Waals surface area contributed by atoms with E-state index in [2.05, 4.69) is 37.5 Å². The molecule has 0 aromatic carbocycles. The van der Waals surface area contributed by atoms with Gasteiger partial charge < -0.3 is 9.80 Å². The van der Waals surface area contributed by atoms with Crippen LogP contribution in [0, 0.1) is 29.6 Å². The Balaban J connectivity index is 1.36. The van der Waals surface area contributed by atoms with E-state index in [9.17, 15) is 4.79 Å². The molecule has 0 bridgehead atoms. The molecule has 114 valence electrons. The highest BCUT2D eigenvalue weighted by atomic mass is 16.2. The zero-order valence-electron chi connectivity index (χ0n) is 13.5. The number of rotatable bonds is 4. The molecule has 1 amide bonds. The monoisotopic (exact) mass is 278 g/mol. The molecular weight excluding hydrogens is 248 g/mol. The van der Waals surface area contributed by atoms with Gasteiger partial charge in [-0.1, -0.05) is 13.8 Å². The Labute approximate surface area is 123 Å². The Morgan fingerprint density at radius 3 is 2.00 bits per heavy atom. The van der Waals surface area contributed by atoms with E-state index in [4.69, 9.17) is 0 Å². The molecule has 1 aliphatic carbocycles. The van der Waals surface area contributed by atoms with Crippen LogP contribution in [-0.4, -0.2) is 47.9 Å². The fraction of sp³-hybridized carbons (Fsp3) is 0.941. The van der Waals surface area contributed by atoms with Crippen LogP contribution in [0.4, 0.5) is 0 Å². The quantitative estimate of drug-likeness (QED) is 0.789. The zero-order chi connectivity index (χ0) is 14.4. The van der Waals surface area contributed by atoms with E-state index in [0.717, 1.165) is 49.6 Å². The van der Waals surface area contributed by atoms with Crippen LogP contribution in [0.1, 0.15) is 40.5 Å². The summed E-state index contributed by atoms with van der Waals surface area (Å²) in [6, 6.07) is 0.687. The summed E-state index contributed by atoms with van der Waals surface area (Å²) in [7, 11) is 0. The molecule has 1 saturated carbocycles. The first-order chi connectivity index (χ1) is 9.45. The summed E-state index contributed by atoms with van der Waals surface area (Å²) in [5, 5.41) is 0.